The summed E-state index contributed by atoms with van der Waals surface area (Å²) in [4.78, 5) is 0. The zero-order chi connectivity index (χ0) is 7.56. The number of alkyl halides is 1. The monoisotopic (exact) mass is 146 g/mol. The first-order valence-corrected chi connectivity index (χ1v) is 2.75. The molecule has 0 saturated carbocycles. The lowest BCUT2D eigenvalue weighted by molar-refractivity contribution is 0.461. The van der Waals surface area contributed by atoms with Crippen LogP contribution in [0, 0.1) is 0 Å². The van der Waals surface area contributed by atoms with E-state index in [0.717, 1.165) is 12.2 Å². The van der Waals surface area contributed by atoms with Crippen LogP contribution in [0.15, 0.2) is 36.0 Å². The summed E-state index contributed by atoms with van der Waals surface area (Å²) >= 11 is 0. The van der Waals surface area contributed by atoms with Crippen LogP contribution < -0.4 is 0 Å². The predicted octanol–water partition coefficient (Wildman–Crippen LogP) is 2.60. The standard InChI is InChI=1S/C7H5F3/c8-5-1-2-6(9)4-7(10)3-5/h1-5H. The van der Waals surface area contributed by atoms with Crippen molar-refractivity contribution in [3.63, 3.8) is 0 Å². The molecule has 1 rings (SSSR count). The molecule has 0 aromatic heterocycles. The molecule has 1 atom stereocenters. The number of rotatable bonds is 0. The van der Waals surface area contributed by atoms with Crippen molar-refractivity contribution in [2.75, 3.05) is 0 Å². The van der Waals surface area contributed by atoms with E-state index in [2.05, 4.69) is 0 Å². The first-order valence-electron chi connectivity index (χ1n) is 2.75. The molecule has 0 aliphatic heterocycles. The molecule has 0 N–H and O–H groups in total. The molecule has 0 amide bonds. The highest BCUT2D eigenvalue weighted by Crippen LogP contribution is 2.14. The van der Waals surface area contributed by atoms with Gasteiger partial charge in [-0.15, -0.1) is 0 Å². The lowest BCUT2D eigenvalue weighted by Crippen LogP contribution is -1.86. The maximum Gasteiger partial charge on any atom is 0.140 e. The SMILES string of the molecule is FC1=CC(F)=CC(F)C=C1. The second-order valence-corrected chi connectivity index (χ2v) is 1.88. The van der Waals surface area contributed by atoms with Gasteiger partial charge in [-0.25, -0.2) is 13.2 Å². The summed E-state index contributed by atoms with van der Waals surface area (Å²) in [6.45, 7) is 0. The van der Waals surface area contributed by atoms with E-state index in [-0.39, 0.29) is 0 Å². The van der Waals surface area contributed by atoms with Crippen molar-refractivity contribution in [3.05, 3.63) is 36.0 Å². The third kappa shape index (κ3) is 1.76. The van der Waals surface area contributed by atoms with Crippen LogP contribution in [0.1, 0.15) is 0 Å². The van der Waals surface area contributed by atoms with Crippen LogP contribution in [0.2, 0.25) is 0 Å². The molecule has 0 aromatic carbocycles. The maximum absolute atomic E-state index is 12.3. The normalized spacial score (nSPS) is 25.3. The van der Waals surface area contributed by atoms with E-state index in [1.54, 1.807) is 0 Å². The van der Waals surface area contributed by atoms with E-state index in [1.807, 2.05) is 0 Å². The van der Waals surface area contributed by atoms with Gasteiger partial charge in [0.2, 0.25) is 0 Å². The predicted molar refractivity (Wildman–Crippen MR) is 32.4 cm³/mol. The first kappa shape index (κ1) is 7.12. The minimum Gasteiger partial charge on any atom is -0.238 e. The molecule has 3 heteroatoms. The fraction of sp³-hybridized carbons (Fsp3) is 0.143. The van der Waals surface area contributed by atoms with Gasteiger partial charge in [0.05, 0.1) is 0 Å². The van der Waals surface area contributed by atoms with Gasteiger partial charge in [-0.1, -0.05) is 0 Å². The Labute approximate surface area is 56.4 Å². The van der Waals surface area contributed by atoms with E-state index in [0.29, 0.717) is 12.2 Å². The Morgan fingerprint density at radius 1 is 1.20 bits per heavy atom. The largest absolute Gasteiger partial charge is 0.238 e. The third-order valence-electron chi connectivity index (χ3n) is 1.03. The minimum atomic E-state index is -1.52. The van der Waals surface area contributed by atoms with Crippen molar-refractivity contribution in [3.8, 4) is 0 Å². The average Bonchev–Trinajstić information content (AvgIpc) is 1.93. The van der Waals surface area contributed by atoms with Gasteiger partial charge in [0.1, 0.15) is 17.8 Å². The molecule has 0 radical (unpaired) electrons. The molecule has 0 spiro atoms. The lowest BCUT2D eigenvalue weighted by atomic mass is 10.3. The summed E-state index contributed by atoms with van der Waals surface area (Å²) in [5, 5.41) is 0. The van der Waals surface area contributed by atoms with Crippen LogP contribution in [0.4, 0.5) is 13.2 Å². The Hall–Kier alpha value is -0.990. The lowest BCUT2D eigenvalue weighted by Gasteiger charge is -1.88. The Morgan fingerprint density at radius 2 is 1.90 bits per heavy atom. The van der Waals surface area contributed by atoms with Gasteiger partial charge in [0, 0.05) is 6.08 Å². The Kier molecular flexibility index (Phi) is 1.94. The molecule has 54 valence electrons. The van der Waals surface area contributed by atoms with E-state index in [4.69, 9.17) is 0 Å². The molecule has 0 bridgehead atoms. The van der Waals surface area contributed by atoms with Crippen molar-refractivity contribution < 1.29 is 13.2 Å². The summed E-state index contributed by atoms with van der Waals surface area (Å²) in [5.74, 6) is -1.65. The molecule has 0 heterocycles. The molecule has 0 nitrogen and oxygen atoms in total. The van der Waals surface area contributed by atoms with Crippen LogP contribution in [0.3, 0.4) is 0 Å². The van der Waals surface area contributed by atoms with Gasteiger partial charge in [-0.3, -0.25) is 0 Å². The van der Waals surface area contributed by atoms with Gasteiger partial charge in [-0.2, -0.15) is 0 Å². The van der Waals surface area contributed by atoms with Crippen LogP contribution in [-0.4, -0.2) is 6.17 Å². The smallest absolute Gasteiger partial charge is 0.140 e. The van der Waals surface area contributed by atoms with E-state index in [1.165, 1.54) is 0 Å². The number of allylic oxidation sites excluding steroid dienone is 6. The van der Waals surface area contributed by atoms with Crippen molar-refractivity contribution in [1.29, 1.82) is 0 Å². The first-order chi connectivity index (χ1) is 4.68. The Bertz CT molecular complexity index is 213. The quantitative estimate of drug-likeness (QED) is 0.492. The Morgan fingerprint density at radius 3 is 2.60 bits per heavy atom. The van der Waals surface area contributed by atoms with Gasteiger partial charge in [-0.05, 0) is 18.2 Å². The minimum absolute atomic E-state index is 0.635. The van der Waals surface area contributed by atoms with Gasteiger partial charge >= 0.3 is 0 Å². The van der Waals surface area contributed by atoms with E-state index < -0.39 is 17.8 Å². The molecule has 1 aliphatic rings. The molecule has 0 aromatic rings. The van der Waals surface area contributed by atoms with Crippen LogP contribution in [-0.2, 0) is 0 Å². The molecule has 1 unspecified atom stereocenters. The average molecular weight is 146 g/mol. The van der Waals surface area contributed by atoms with E-state index >= 15 is 0 Å². The van der Waals surface area contributed by atoms with Crippen LogP contribution in [0.5, 0.6) is 0 Å². The van der Waals surface area contributed by atoms with Crippen molar-refractivity contribution in [2.45, 2.75) is 6.17 Å². The number of hydrogen-bond acceptors (Lipinski definition) is 0. The topological polar surface area (TPSA) is 0 Å². The summed E-state index contributed by atoms with van der Waals surface area (Å²) in [5.41, 5.74) is 0. The van der Waals surface area contributed by atoms with E-state index in [9.17, 15) is 13.2 Å². The fourth-order valence-corrected chi connectivity index (χ4v) is 0.619. The molecular weight excluding hydrogens is 141 g/mol. The molecule has 0 saturated heterocycles. The van der Waals surface area contributed by atoms with Gasteiger partial charge in [0.15, 0.2) is 0 Å². The molecule has 0 fully saturated rings. The molecule has 1 aliphatic carbocycles. The molecule has 10 heavy (non-hydrogen) atoms. The van der Waals surface area contributed by atoms with Gasteiger partial charge < -0.3 is 0 Å². The number of halogens is 3. The Balaban J connectivity index is 2.88. The van der Waals surface area contributed by atoms with Crippen LogP contribution in [0.25, 0.3) is 0 Å². The highest BCUT2D eigenvalue weighted by atomic mass is 19.1. The van der Waals surface area contributed by atoms with Crippen LogP contribution >= 0.6 is 0 Å². The van der Waals surface area contributed by atoms with Gasteiger partial charge in [0.25, 0.3) is 0 Å². The summed E-state index contributed by atoms with van der Waals surface area (Å²) < 4.78 is 36.7. The zero-order valence-corrected chi connectivity index (χ0v) is 5.02. The summed E-state index contributed by atoms with van der Waals surface area (Å²) in [6, 6.07) is 0. The van der Waals surface area contributed by atoms with Crippen molar-refractivity contribution >= 4 is 0 Å². The highest BCUT2D eigenvalue weighted by Gasteiger charge is 2.04. The number of hydrogen-bond donors (Lipinski definition) is 0. The maximum atomic E-state index is 12.3. The second kappa shape index (κ2) is 2.73. The van der Waals surface area contributed by atoms with Crippen molar-refractivity contribution in [2.24, 2.45) is 0 Å². The summed E-state index contributed by atoms with van der Waals surface area (Å²) in [6.07, 6.45) is 1.65. The molecular formula is C7H5F3. The summed E-state index contributed by atoms with van der Waals surface area (Å²) in [7, 11) is 0. The highest BCUT2D eigenvalue weighted by molar-refractivity contribution is 5.28. The zero-order valence-electron chi connectivity index (χ0n) is 5.02. The van der Waals surface area contributed by atoms with Crippen molar-refractivity contribution in [1.82, 2.24) is 0 Å². The fourth-order valence-electron chi connectivity index (χ4n) is 0.619. The third-order valence-corrected chi connectivity index (χ3v) is 1.03. The second-order valence-electron chi connectivity index (χ2n) is 1.88.